The fourth-order valence-electron chi connectivity index (χ4n) is 3.30. The normalized spacial score (nSPS) is 11.1. The Morgan fingerprint density at radius 2 is 2.03 bits per heavy atom. The molecular formula is C22H21ClN4O2. The topological polar surface area (TPSA) is 71.9 Å². The highest BCUT2D eigenvalue weighted by atomic mass is 35.5. The standard InChI is InChI=1S/C22H21ClN4O2/c1-2-29-22(28)19-13-25-27(18-8-5-7-16(23)11-18)21(19)14-24-12-17-10-15-6-3-4-9-20(15)26-17/h3-11,13,24,26H,2,12,14H2,1H3. The van der Waals surface area contributed by atoms with Crippen LogP contribution < -0.4 is 5.32 Å². The van der Waals surface area contributed by atoms with Gasteiger partial charge in [0, 0.05) is 29.3 Å². The second-order valence-corrected chi connectivity index (χ2v) is 7.04. The Labute approximate surface area is 173 Å². The van der Waals surface area contributed by atoms with Crippen LogP contribution in [0.2, 0.25) is 5.02 Å². The van der Waals surface area contributed by atoms with Crippen molar-refractivity contribution in [2.24, 2.45) is 0 Å². The van der Waals surface area contributed by atoms with Crippen LogP contribution in [0.25, 0.3) is 16.6 Å². The van der Waals surface area contributed by atoms with Gasteiger partial charge in [-0.05, 0) is 42.6 Å². The van der Waals surface area contributed by atoms with Crippen LogP contribution in [0.15, 0.2) is 60.8 Å². The minimum Gasteiger partial charge on any atom is -0.462 e. The highest BCUT2D eigenvalue weighted by molar-refractivity contribution is 6.30. The predicted octanol–water partition coefficient (Wildman–Crippen LogP) is 4.47. The van der Waals surface area contributed by atoms with Gasteiger partial charge in [0.25, 0.3) is 0 Å². The molecule has 0 bridgehead atoms. The second kappa shape index (κ2) is 8.51. The van der Waals surface area contributed by atoms with Crippen LogP contribution in [-0.4, -0.2) is 27.3 Å². The van der Waals surface area contributed by atoms with Gasteiger partial charge in [0.2, 0.25) is 0 Å². The first-order valence-corrected chi connectivity index (χ1v) is 9.81. The van der Waals surface area contributed by atoms with Gasteiger partial charge in [-0.3, -0.25) is 0 Å². The first-order valence-electron chi connectivity index (χ1n) is 9.43. The lowest BCUT2D eigenvalue weighted by atomic mass is 10.2. The Morgan fingerprint density at radius 1 is 1.17 bits per heavy atom. The molecule has 2 N–H and O–H groups in total. The van der Waals surface area contributed by atoms with Gasteiger partial charge < -0.3 is 15.0 Å². The molecule has 2 aromatic carbocycles. The second-order valence-electron chi connectivity index (χ2n) is 6.60. The predicted molar refractivity (Wildman–Crippen MR) is 113 cm³/mol. The number of benzene rings is 2. The van der Waals surface area contributed by atoms with E-state index in [2.05, 4.69) is 27.5 Å². The molecule has 0 aliphatic rings. The van der Waals surface area contributed by atoms with Crippen LogP contribution in [0.5, 0.6) is 0 Å². The Hall–Kier alpha value is -3.09. The third kappa shape index (κ3) is 4.18. The summed E-state index contributed by atoms with van der Waals surface area (Å²) in [6, 6.07) is 17.6. The van der Waals surface area contributed by atoms with Crippen LogP contribution in [0.3, 0.4) is 0 Å². The highest BCUT2D eigenvalue weighted by Gasteiger charge is 2.19. The number of carbonyl (C=O) groups is 1. The lowest BCUT2D eigenvalue weighted by molar-refractivity contribution is 0.0525. The van der Waals surface area contributed by atoms with Crippen molar-refractivity contribution in [2.75, 3.05) is 6.61 Å². The highest BCUT2D eigenvalue weighted by Crippen LogP contribution is 2.20. The van der Waals surface area contributed by atoms with Crippen LogP contribution in [0, 0.1) is 0 Å². The molecular weight excluding hydrogens is 388 g/mol. The molecule has 0 spiro atoms. The number of nitrogens with zero attached hydrogens (tertiary/aromatic N) is 2. The molecule has 0 unspecified atom stereocenters. The third-order valence-electron chi connectivity index (χ3n) is 4.61. The number of aromatic nitrogens is 3. The Morgan fingerprint density at radius 3 is 2.83 bits per heavy atom. The van der Waals surface area contributed by atoms with Gasteiger partial charge in [0.05, 0.1) is 24.2 Å². The summed E-state index contributed by atoms with van der Waals surface area (Å²) in [6.07, 6.45) is 1.54. The van der Waals surface area contributed by atoms with Crippen molar-refractivity contribution < 1.29 is 9.53 Å². The van der Waals surface area contributed by atoms with Crippen LogP contribution in [0.4, 0.5) is 0 Å². The molecule has 29 heavy (non-hydrogen) atoms. The van der Waals surface area contributed by atoms with E-state index in [1.54, 1.807) is 23.9 Å². The summed E-state index contributed by atoms with van der Waals surface area (Å²) in [4.78, 5) is 15.8. The minimum absolute atomic E-state index is 0.309. The van der Waals surface area contributed by atoms with E-state index in [0.717, 1.165) is 22.6 Å². The molecule has 0 aliphatic carbocycles. The number of ether oxygens (including phenoxy) is 1. The lowest BCUT2D eigenvalue weighted by Crippen LogP contribution is -2.19. The smallest absolute Gasteiger partial charge is 0.341 e. The van der Waals surface area contributed by atoms with Gasteiger partial charge in [0.1, 0.15) is 5.56 Å². The first kappa shape index (κ1) is 19.2. The summed E-state index contributed by atoms with van der Waals surface area (Å²) >= 11 is 6.14. The van der Waals surface area contributed by atoms with E-state index < -0.39 is 0 Å². The van der Waals surface area contributed by atoms with E-state index in [9.17, 15) is 4.79 Å². The number of carbonyl (C=O) groups excluding carboxylic acids is 1. The van der Waals surface area contributed by atoms with Gasteiger partial charge in [-0.25, -0.2) is 9.48 Å². The van der Waals surface area contributed by atoms with E-state index >= 15 is 0 Å². The number of H-pyrrole nitrogens is 1. The SMILES string of the molecule is CCOC(=O)c1cnn(-c2cccc(Cl)c2)c1CNCc1cc2ccccc2[nH]1. The van der Waals surface area contributed by atoms with Crippen molar-refractivity contribution in [1.82, 2.24) is 20.1 Å². The summed E-state index contributed by atoms with van der Waals surface area (Å²) in [5.41, 5.74) is 4.12. The van der Waals surface area contributed by atoms with Crippen molar-refractivity contribution in [1.29, 1.82) is 0 Å². The fourth-order valence-corrected chi connectivity index (χ4v) is 3.48. The minimum atomic E-state index is -0.386. The molecule has 6 nitrogen and oxygen atoms in total. The number of nitrogens with one attached hydrogen (secondary N) is 2. The van der Waals surface area contributed by atoms with Crippen LogP contribution >= 0.6 is 11.6 Å². The number of halogens is 1. The molecule has 4 aromatic rings. The molecule has 0 saturated carbocycles. The van der Waals surface area contributed by atoms with Crippen molar-refractivity contribution in [2.45, 2.75) is 20.0 Å². The third-order valence-corrected chi connectivity index (χ3v) is 4.85. The zero-order valence-electron chi connectivity index (χ0n) is 16.0. The molecule has 0 fully saturated rings. The fraction of sp³-hybridized carbons (Fsp3) is 0.182. The Bertz CT molecular complexity index is 1120. The summed E-state index contributed by atoms with van der Waals surface area (Å²) in [5.74, 6) is -0.386. The molecule has 0 atom stereocenters. The monoisotopic (exact) mass is 408 g/mol. The van der Waals surface area contributed by atoms with Crippen molar-refractivity contribution in [3.05, 3.63) is 82.8 Å². The van der Waals surface area contributed by atoms with Gasteiger partial charge >= 0.3 is 5.97 Å². The van der Waals surface area contributed by atoms with Crippen molar-refractivity contribution >= 4 is 28.5 Å². The molecule has 0 aliphatic heterocycles. The van der Waals surface area contributed by atoms with Gasteiger partial charge in [-0.1, -0.05) is 35.9 Å². The average Bonchev–Trinajstić information content (AvgIpc) is 3.32. The summed E-state index contributed by atoms with van der Waals surface area (Å²) < 4.78 is 6.91. The van der Waals surface area contributed by atoms with Crippen LogP contribution in [-0.2, 0) is 17.8 Å². The molecule has 4 rings (SSSR count). The maximum Gasteiger partial charge on any atom is 0.341 e. The van der Waals surface area contributed by atoms with E-state index in [1.807, 2.05) is 36.4 Å². The number of hydrogen-bond donors (Lipinski definition) is 2. The summed E-state index contributed by atoms with van der Waals surface area (Å²) in [5, 5.41) is 9.57. The maximum atomic E-state index is 12.4. The zero-order chi connectivity index (χ0) is 20.2. The van der Waals surface area contributed by atoms with Crippen LogP contribution in [0.1, 0.15) is 28.7 Å². The molecule has 2 heterocycles. The zero-order valence-corrected chi connectivity index (χ0v) is 16.7. The molecule has 0 radical (unpaired) electrons. The number of hydrogen-bond acceptors (Lipinski definition) is 4. The number of rotatable bonds is 7. The van der Waals surface area contributed by atoms with E-state index in [4.69, 9.17) is 16.3 Å². The number of aromatic amines is 1. The molecule has 148 valence electrons. The number of esters is 1. The quantitative estimate of drug-likeness (QED) is 0.442. The van der Waals surface area contributed by atoms with Crippen molar-refractivity contribution in [3.8, 4) is 5.69 Å². The molecule has 0 amide bonds. The maximum absolute atomic E-state index is 12.4. The Balaban J connectivity index is 1.58. The summed E-state index contributed by atoms with van der Waals surface area (Å²) in [7, 11) is 0. The van der Waals surface area contributed by atoms with E-state index in [1.165, 1.54) is 5.39 Å². The molecule has 7 heteroatoms. The molecule has 2 aromatic heterocycles. The van der Waals surface area contributed by atoms with E-state index in [0.29, 0.717) is 30.3 Å². The number of fused-ring (bicyclic) bond motifs is 1. The average molecular weight is 409 g/mol. The lowest BCUT2D eigenvalue weighted by Gasteiger charge is -2.11. The van der Waals surface area contributed by atoms with Gasteiger partial charge in [-0.2, -0.15) is 5.10 Å². The largest absolute Gasteiger partial charge is 0.462 e. The van der Waals surface area contributed by atoms with E-state index in [-0.39, 0.29) is 5.97 Å². The first-order chi connectivity index (χ1) is 14.2. The number of para-hydroxylation sites is 1. The molecule has 0 saturated heterocycles. The van der Waals surface area contributed by atoms with Gasteiger partial charge in [-0.15, -0.1) is 0 Å². The Kier molecular flexibility index (Phi) is 5.64. The summed E-state index contributed by atoms with van der Waals surface area (Å²) in [6.45, 7) is 3.16. The van der Waals surface area contributed by atoms with Gasteiger partial charge in [0.15, 0.2) is 0 Å². The van der Waals surface area contributed by atoms with Crippen molar-refractivity contribution in [3.63, 3.8) is 0 Å².